The van der Waals surface area contributed by atoms with E-state index in [4.69, 9.17) is 0 Å². The Bertz CT molecular complexity index is 318. The number of halogens is 6. The van der Waals surface area contributed by atoms with Gasteiger partial charge in [0.1, 0.15) is 11.2 Å². The smallest absolute Gasteiger partial charge is 0.423 e. The van der Waals surface area contributed by atoms with Crippen LogP contribution in [0.4, 0.5) is 26.3 Å². The van der Waals surface area contributed by atoms with Gasteiger partial charge >= 0.3 is 18.3 Å². The number of hydrogen-bond acceptors (Lipinski definition) is 2. The molecule has 0 radical (unpaired) electrons. The van der Waals surface area contributed by atoms with Crippen molar-refractivity contribution in [1.82, 2.24) is 0 Å². The largest absolute Gasteiger partial charge is 0.456 e. The van der Waals surface area contributed by atoms with Gasteiger partial charge in [-0.3, -0.25) is 0 Å². The van der Waals surface area contributed by atoms with Crippen LogP contribution in [-0.4, -0.2) is 23.9 Å². The molecule has 0 aliphatic rings. The van der Waals surface area contributed by atoms with E-state index in [2.05, 4.69) is 4.74 Å². The van der Waals surface area contributed by atoms with Crippen molar-refractivity contribution in [3.63, 3.8) is 0 Å². The van der Waals surface area contributed by atoms with E-state index >= 15 is 0 Å². The van der Waals surface area contributed by atoms with Crippen molar-refractivity contribution >= 4 is 5.97 Å². The highest BCUT2D eigenvalue weighted by Gasteiger charge is 2.44. The minimum Gasteiger partial charge on any atom is -0.456 e. The Hall–Kier alpha value is -1.21. The average Bonchev–Trinajstić information content (AvgIpc) is 1.92. The molecule has 17 heavy (non-hydrogen) atoms. The van der Waals surface area contributed by atoms with Gasteiger partial charge in [-0.1, -0.05) is 0 Å². The minimum atomic E-state index is -5.42. The monoisotopic (exact) mass is 264 g/mol. The van der Waals surface area contributed by atoms with Gasteiger partial charge in [0.25, 0.3) is 0 Å². The zero-order valence-electron chi connectivity index (χ0n) is 9.16. The van der Waals surface area contributed by atoms with Gasteiger partial charge < -0.3 is 4.74 Å². The Balaban J connectivity index is 5.25. The van der Waals surface area contributed by atoms with Crippen LogP contribution in [0.5, 0.6) is 0 Å². The van der Waals surface area contributed by atoms with Crippen LogP contribution in [0.1, 0.15) is 20.8 Å². The molecular weight excluding hydrogens is 254 g/mol. The number of hydrogen-bond donors (Lipinski definition) is 0. The first-order valence-corrected chi connectivity index (χ1v) is 4.32. The second-order valence-electron chi connectivity index (χ2n) is 4.10. The molecule has 2 nitrogen and oxygen atoms in total. The summed E-state index contributed by atoms with van der Waals surface area (Å²) in [6.45, 7) is 3.73. The summed E-state index contributed by atoms with van der Waals surface area (Å²) in [6, 6.07) is 0. The lowest BCUT2D eigenvalue weighted by Crippen LogP contribution is -2.31. The first-order valence-electron chi connectivity index (χ1n) is 4.32. The van der Waals surface area contributed by atoms with Gasteiger partial charge in [0.2, 0.25) is 0 Å². The van der Waals surface area contributed by atoms with Gasteiger partial charge in [0.05, 0.1) is 0 Å². The molecule has 0 N–H and O–H groups in total. The van der Waals surface area contributed by atoms with Crippen molar-refractivity contribution in [1.29, 1.82) is 0 Å². The highest BCUT2D eigenvalue weighted by atomic mass is 19.4. The van der Waals surface area contributed by atoms with E-state index in [9.17, 15) is 31.1 Å². The molecule has 0 saturated heterocycles. The number of carbonyl (C=O) groups is 1. The summed E-state index contributed by atoms with van der Waals surface area (Å²) in [5.74, 6) is -2.05. The normalized spacial score (nSPS) is 14.8. The lowest BCUT2D eigenvalue weighted by atomic mass is 10.1. The fourth-order valence-electron chi connectivity index (χ4n) is 0.753. The number of rotatable bonds is 1. The van der Waals surface area contributed by atoms with Crippen LogP contribution in [0.15, 0.2) is 11.6 Å². The summed E-state index contributed by atoms with van der Waals surface area (Å²) in [7, 11) is 0. The molecule has 0 unspecified atom stereocenters. The highest BCUT2D eigenvalue weighted by molar-refractivity contribution is 5.90. The van der Waals surface area contributed by atoms with Crippen LogP contribution in [0.3, 0.4) is 0 Å². The summed E-state index contributed by atoms with van der Waals surface area (Å²) in [5.41, 5.74) is -3.69. The molecule has 0 aromatic carbocycles. The molecule has 0 amide bonds. The molecule has 0 aliphatic carbocycles. The SMILES string of the molecule is CC(C)(C)OC(=O)/C(=C/C(F)(F)F)C(F)(F)F. The third-order valence-corrected chi connectivity index (χ3v) is 1.23. The number of ether oxygens (including phenoxy) is 1. The molecule has 0 atom stereocenters. The molecule has 0 spiro atoms. The number of allylic oxidation sites excluding steroid dienone is 1. The summed E-state index contributed by atoms with van der Waals surface area (Å²) in [5, 5.41) is 0. The van der Waals surface area contributed by atoms with Crippen LogP contribution in [0, 0.1) is 0 Å². The molecule has 0 aromatic heterocycles. The molecule has 0 bridgehead atoms. The van der Waals surface area contributed by atoms with E-state index in [0.717, 1.165) is 0 Å². The van der Waals surface area contributed by atoms with Gasteiger partial charge in [0.15, 0.2) is 0 Å². The molecule has 0 heterocycles. The Labute approximate surface area is 93.2 Å². The van der Waals surface area contributed by atoms with Crippen LogP contribution < -0.4 is 0 Å². The molecule has 0 aromatic rings. The van der Waals surface area contributed by atoms with Gasteiger partial charge in [0, 0.05) is 6.08 Å². The number of esters is 1. The maximum atomic E-state index is 12.2. The van der Waals surface area contributed by atoms with Gasteiger partial charge in [-0.25, -0.2) is 4.79 Å². The first kappa shape index (κ1) is 15.8. The second-order valence-corrected chi connectivity index (χ2v) is 4.10. The third-order valence-electron chi connectivity index (χ3n) is 1.23. The van der Waals surface area contributed by atoms with E-state index < -0.39 is 35.6 Å². The fraction of sp³-hybridized carbons (Fsp3) is 0.667. The Morgan fingerprint density at radius 1 is 1.00 bits per heavy atom. The van der Waals surface area contributed by atoms with E-state index in [-0.39, 0.29) is 0 Å². The second kappa shape index (κ2) is 4.58. The van der Waals surface area contributed by atoms with Gasteiger partial charge in [-0.15, -0.1) is 0 Å². The van der Waals surface area contributed by atoms with E-state index in [1.54, 1.807) is 0 Å². The Kier molecular flexibility index (Phi) is 4.25. The quantitative estimate of drug-likeness (QED) is 0.412. The Morgan fingerprint density at radius 2 is 1.41 bits per heavy atom. The highest BCUT2D eigenvalue weighted by Crippen LogP contribution is 2.31. The lowest BCUT2D eigenvalue weighted by Gasteiger charge is -2.21. The average molecular weight is 264 g/mol. The number of alkyl halides is 6. The van der Waals surface area contributed by atoms with Crippen LogP contribution in [-0.2, 0) is 9.53 Å². The summed E-state index contributed by atoms with van der Waals surface area (Å²) < 4.78 is 76.4. The van der Waals surface area contributed by atoms with Crippen LogP contribution in [0.25, 0.3) is 0 Å². The molecule has 0 rings (SSSR count). The standard InChI is InChI=1S/C9H10F6O2/c1-7(2,3)17-6(16)5(9(13,14)15)4-8(10,11)12/h4H,1-3H3/b5-4-. The van der Waals surface area contributed by atoms with Gasteiger partial charge in [-0.05, 0) is 20.8 Å². The summed E-state index contributed by atoms with van der Waals surface area (Å²) in [4.78, 5) is 11.0. The number of carbonyl (C=O) groups excluding carboxylic acids is 1. The zero-order chi connectivity index (χ0) is 14.1. The van der Waals surface area contributed by atoms with Crippen LogP contribution in [0.2, 0.25) is 0 Å². The van der Waals surface area contributed by atoms with Crippen molar-refractivity contribution < 1.29 is 35.9 Å². The minimum absolute atomic E-state index is 1.11. The maximum Gasteiger partial charge on any atom is 0.423 e. The van der Waals surface area contributed by atoms with E-state index in [0.29, 0.717) is 0 Å². The zero-order valence-corrected chi connectivity index (χ0v) is 9.16. The van der Waals surface area contributed by atoms with Crippen molar-refractivity contribution in [2.45, 2.75) is 38.7 Å². The van der Waals surface area contributed by atoms with Crippen molar-refractivity contribution in [3.05, 3.63) is 11.6 Å². The molecule has 0 aliphatic heterocycles. The molecule has 0 fully saturated rings. The summed E-state index contributed by atoms with van der Waals surface area (Å²) >= 11 is 0. The fourth-order valence-corrected chi connectivity index (χ4v) is 0.753. The third kappa shape index (κ3) is 6.85. The molecule has 0 saturated carbocycles. The molecular formula is C9H10F6O2. The topological polar surface area (TPSA) is 26.3 Å². The van der Waals surface area contributed by atoms with E-state index in [1.807, 2.05) is 0 Å². The predicted octanol–water partition coefficient (Wildman–Crippen LogP) is 3.38. The van der Waals surface area contributed by atoms with Crippen molar-refractivity contribution in [3.8, 4) is 0 Å². The molecule has 8 heteroatoms. The van der Waals surface area contributed by atoms with Crippen molar-refractivity contribution in [2.75, 3.05) is 0 Å². The Morgan fingerprint density at radius 3 is 1.65 bits per heavy atom. The first-order chi connectivity index (χ1) is 7.22. The maximum absolute atomic E-state index is 12.2. The summed E-state index contributed by atoms with van der Waals surface area (Å²) in [6.07, 6.45) is -11.8. The van der Waals surface area contributed by atoms with E-state index in [1.165, 1.54) is 20.8 Å². The van der Waals surface area contributed by atoms with Crippen molar-refractivity contribution in [2.24, 2.45) is 0 Å². The predicted molar refractivity (Wildman–Crippen MR) is 46.0 cm³/mol. The van der Waals surface area contributed by atoms with Crippen LogP contribution >= 0.6 is 0 Å². The van der Waals surface area contributed by atoms with Gasteiger partial charge in [-0.2, -0.15) is 26.3 Å². The molecule has 100 valence electrons. The lowest BCUT2D eigenvalue weighted by molar-refractivity contribution is -0.162.